The Hall–Kier alpha value is -2.30. The second-order valence-corrected chi connectivity index (χ2v) is 3.75. The molecule has 0 saturated heterocycles. The first-order chi connectivity index (χ1) is 8.09. The van der Waals surface area contributed by atoms with Crippen molar-refractivity contribution in [2.24, 2.45) is 0 Å². The monoisotopic (exact) mass is 231 g/mol. The summed E-state index contributed by atoms with van der Waals surface area (Å²) < 4.78 is 4.87. The second kappa shape index (κ2) is 4.29. The maximum Gasteiger partial charge on any atom is 0.280 e. The molecule has 0 unspecified atom stereocenters. The molecule has 0 spiro atoms. The van der Waals surface area contributed by atoms with E-state index in [0.29, 0.717) is 17.1 Å². The molecule has 2 N–H and O–H groups in total. The van der Waals surface area contributed by atoms with Crippen molar-refractivity contribution >= 4 is 17.3 Å². The Balaban J connectivity index is 2.29. The number of aromatic nitrogens is 1. The molecule has 1 aromatic carbocycles. The van der Waals surface area contributed by atoms with E-state index in [1.54, 1.807) is 32.2 Å². The highest BCUT2D eigenvalue weighted by atomic mass is 16.5. The fourth-order valence-corrected chi connectivity index (χ4v) is 1.54. The SMILES string of the molecule is Cc1cc(C(=O)N(C)c2ccccc2N)no1. The molecule has 2 rings (SSSR count). The number of nitrogen functional groups attached to an aromatic ring is 1. The van der Waals surface area contributed by atoms with E-state index in [-0.39, 0.29) is 11.6 Å². The zero-order chi connectivity index (χ0) is 12.4. The van der Waals surface area contributed by atoms with Gasteiger partial charge in [0.15, 0.2) is 5.69 Å². The normalized spacial score (nSPS) is 10.2. The maximum atomic E-state index is 12.1. The number of hydrogen-bond donors (Lipinski definition) is 1. The van der Waals surface area contributed by atoms with Gasteiger partial charge in [-0.1, -0.05) is 17.3 Å². The summed E-state index contributed by atoms with van der Waals surface area (Å²) in [5, 5.41) is 3.68. The van der Waals surface area contributed by atoms with E-state index < -0.39 is 0 Å². The summed E-state index contributed by atoms with van der Waals surface area (Å²) in [6, 6.07) is 8.76. The minimum Gasteiger partial charge on any atom is -0.397 e. The summed E-state index contributed by atoms with van der Waals surface area (Å²) in [4.78, 5) is 13.5. The van der Waals surface area contributed by atoms with Crippen LogP contribution in [0.5, 0.6) is 0 Å². The average Bonchev–Trinajstić information content (AvgIpc) is 2.75. The fourth-order valence-electron chi connectivity index (χ4n) is 1.54. The van der Waals surface area contributed by atoms with Crippen LogP contribution in [0.15, 0.2) is 34.9 Å². The zero-order valence-electron chi connectivity index (χ0n) is 9.68. The van der Waals surface area contributed by atoms with Crippen LogP contribution in [-0.4, -0.2) is 18.1 Å². The minimum absolute atomic E-state index is 0.250. The van der Waals surface area contributed by atoms with E-state index in [1.165, 1.54) is 4.90 Å². The Morgan fingerprint density at radius 2 is 2.12 bits per heavy atom. The molecule has 0 bridgehead atoms. The van der Waals surface area contributed by atoms with Gasteiger partial charge in [-0.3, -0.25) is 4.79 Å². The molecule has 5 nitrogen and oxygen atoms in total. The Labute approximate surface area is 98.8 Å². The molecule has 0 radical (unpaired) electrons. The Morgan fingerprint density at radius 3 is 2.71 bits per heavy atom. The van der Waals surface area contributed by atoms with Crippen LogP contribution in [-0.2, 0) is 0 Å². The highest BCUT2D eigenvalue weighted by Crippen LogP contribution is 2.22. The minimum atomic E-state index is -0.250. The summed E-state index contributed by atoms with van der Waals surface area (Å²) in [5.74, 6) is 0.350. The van der Waals surface area contributed by atoms with Crippen molar-refractivity contribution in [3.05, 3.63) is 41.8 Å². The van der Waals surface area contributed by atoms with E-state index in [4.69, 9.17) is 10.3 Å². The number of hydrogen-bond acceptors (Lipinski definition) is 4. The van der Waals surface area contributed by atoms with Gasteiger partial charge in [-0.25, -0.2) is 0 Å². The van der Waals surface area contributed by atoms with E-state index in [1.807, 2.05) is 12.1 Å². The third-order valence-electron chi connectivity index (χ3n) is 2.45. The number of carbonyl (C=O) groups excluding carboxylic acids is 1. The van der Waals surface area contributed by atoms with Crippen LogP contribution in [0.3, 0.4) is 0 Å². The molecule has 88 valence electrons. The van der Waals surface area contributed by atoms with Crippen molar-refractivity contribution < 1.29 is 9.32 Å². The number of rotatable bonds is 2. The molecule has 5 heteroatoms. The van der Waals surface area contributed by atoms with Gasteiger partial charge in [0.05, 0.1) is 11.4 Å². The molecular formula is C12H13N3O2. The van der Waals surface area contributed by atoms with Gasteiger partial charge in [0.2, 0.25) is 0 Å². The van der Waals surface area contributed by atoms with Crippen molar-refractivity contribution in [2.75, 3.05) is 17.7 Å². The summed E-state index contributed by atoms with van der Waals surface area (Å²) >= 11 is 0. The van der Waals surface area contributed by atoms with E-state index in [0.717, 1.165) is 0 Å². The third-order valence-corrected chi connectivity index (χ3v) is 2.45. The van der Waals surface area contributed by atoms with Crippen molar-refractivity contribution in [1.29, 1.82) is 0 Å². The maximum absolute atomic E-state index is 12.1. The first-order valence-electron chi connectivity index (χ1n) is 5.15. The highest BCUT2D eigenvalue weighted by molar-refractivity contribution is 6.05. The molecule has 0 aliphatic heterocycles. The smallest absolute Gasteiger partial charge is 0.280 e. The van der Waals surface area contributed by atoms with Gasteiger partial charge < -0.3 is 15.2 Å². The molecule has 0 fully saturated rings. The summed E-state index contributed by atoms with van der Waals surface area (Å²) in [5.41, 5.74) is 7.27. The summed E-state index contributed by atoms with van der Waals surface area (Å²) in [7, 11) is 1.65. The number of nitrogens with two attached hydrogens (primary N) is 1. The Kier molecular flexibility index (Phi) is 2.82. The van der Waals surface area contributed by atoms with Crippen molar-refractivity contribution in [1.82, 2.24) is 5.16 Å². The van der Waals surface area contributed by atoms with Gasteiger partial charge in [-0.15, -0.1) is 0 Å². The fraction of sp³-hybridized carbons (Fsp3) is 0.167. The number of aryl methyl sites for hydroxylation is 1. The predicted molar refractivity (Wildman–Crippen MR) is 64.8 cm³/mol. The lowest BCUT2D eigenvalue weighted by molar-refractivity contribution is 0.0984. The van der Waals surface area contributed by atoms with Gasteiger partial charge in [-0.2, -0.15) is 0 Å². The van der Waals surface area contributed by atoms with Crippen LogP contribution >= 0.6 is 0 Å². The molecule has 2 aromatic rings. The lowest BCUT2D eigenvalue weighted by atomic mass is 10.2. The number of nitrogens with zero attached hydrogens (tertiary/aromatic N) is 2. The van der Waals surface area contributed by atoms with Gasteiger partial charge in [0, 0.05) is 13.1 Å². The van der Waals surface area contributed by atoms with E-state index in [2.05, 4.69) is 5.16 Å². The quantitative estimate of drug-likeness (QED) is 0.800. The molecule has 1 aromatic heterocycles. The molecule has 0 aliphatic rings. The second-order valence-electron chi connectivity index (χ2n) is 3.75. The van der Waals surface area contributed by atoms with E-state index in [9.17, 15) is 4.79 Å². The van der Waals surface area contributed by atoms with Crippen LogP contribution in [0.25, 0.3) is 0 Å². The molecule has 1 heterocycles. The lowest BCUT2D eigenvalue weighted by Crippen LogP contribution is -2.27. The third kappa shape index (κ3) is 2.13. The van der Waals surface area contributed by atoms with E-state index >= 15 is 0 Å². The summed E-state index contributed by atoms with van der Waals surface area (Å²) in [6.45, 7) is 1.74. The number of anilines is 2. The summed E-state index contributed by atoms with van der Waals surface area (Å²) in [6.07, 6.45) is 0. The first-order valence-corrected chi connectivity index (χ1v) is 5.15. The number of benzene rings is 1. The Morgan fingerprint density at radius 1 is 1.41 bits per heavy atom. The van der Waals surface area contributed by atoms with Crippen LogP contribution in [0.1, 0.15) is 16.2 Å². The first kappa shape index (κ1) is 11.2. The molecule has 1 amide bonds. The molecule has 0 aliphatic carbocycles. The van der Waals surface area contributed by atoms with Gasteiger partial charge in [-0.05, 0) is 19.1 Å². The molecule has 17 heavy (non-hydrogen) atoms. The van der Waals surface area contributed by atoms with Crippen LogP contribution in [0.2, 0.25) is 0 Å². The number of carbonyl (C=O) groups is 1. The van der Waals surface area contributed by atoms with Crippen LogP contribution in [0.4, 0.5) is 11.4 Å². The van der Waals surface area contributed by atoms with Crippen molar-refractivity contribution in [3.63, 3.8) is 0 Å². The molecule has 0 saturated carbocycles. The zero-order valence-corrected chi connectivity index (χ0v) is 9.68. The Bertz CT molecular complexity index is 548. The number of amides is 1. The lowest BCUT2D eigenvalue weighted by Gasteiger charge is -2.17. The largest absolute Gasteiger partial charge is 0.397 e. The van der Waals surface area contributed by atoms with Gasteiger partial charge in [0.25, 0.3) is 5.91 Å². The standard InChI is InChI=1S/C12H13N3O2/c1-8-7-10(14-17-8)12(16)15(2)11-6-4-3-5-9(11)13/h3-7H,13H2,1-2H3. The molecular weight excluding hydrogens is 218 g/mol. The van der Waals surface area contributed by atoms with Gasteiger partial charge in [0.1, 0.15) is 5.76 Å². The predicted octanol–water partition coefficient (Wildman–Crippen LogP) is 1.84. The van der Waals surface area contributed by atoms with Gasteiger partial charge >= 0.3 is 0 Å². The topological polar surface area (TPSA) is 72.4 Å². The van der Waals surface area contributed by atoms with Crippen LogP contribution < -0.4 is 10.6 Å². The highest BCUT2D eigenvalue weighted by Gasteiger charge is 2.18. The molecule has 0 atom stereocenters. The number of para-hydroxylation sites is 2. The van der Waals surface area contributed by atoms with Crippen LogP contribution in [0, 0.1) is 6.92 Å². The average molecular weight is 231 g/mol. The van der Waals surface area contributed by atoms with Crippen molar-refractivity contribution in [2.45, 2.75) is 6.92 Å². The van der Waals surface area contributed by atoms with Crippen molar-refractivity contribution in [3.8, 4) is 0 Å².